The van der Waals surface area contributed by atoms with E-state index in [1.807, 2.05) is 19.1 Å². The fraction of sp³-hybridized carbons (Fsp3) is 0.353. The van der Waals surface area contributed by atoms with Gasteiger partial charge in [-0.3, -0.25) is 4.79 Å². The number of aliphatic hydroxyl groups is 1. The van der Waals surface area contributed by atoms with Crippen LogP contribution in [0.4, 0.5) is 0 Å². The molecule has 2 rings (SSSR count). The number of rotatable bonds is 4. The van der Waals surface area contributed by atoms with Gasteiger partial charge in [-0.25, -0.2) is 0 Å². The van der Waals surface area contributed by atoms with E-state index >= 15 is 0 Å². The van der Waals surface area contributed by atoms with E-state index in [2.05, 4.69) is 35.6 Å². The second-order valence-corrected chi connectivity index (χ2v) is 5.82. The predicted molar refractivity (Wildman–Crippen MR) is 81.6 cm³/mol. The molecule has 0 aliphatic carbocycles. The fourth-order valence-electron chi connectivity index (χ4n) is 2.17. The van der Waals surface area contributed by atoms with Crippen LogP contribution in [0.1, 0.15) is 26.3 Å². The molecule has 0 aromatic heterocycles. The van der Waals surface area contributed by atoms with Gasteiger partial charge in [0, 0.05) is 6.04 Å². The maximum absolute atomic E-state index is 11.7. The molecule has 0 spiro atoms. The predicted octanol–water partition coefficient (Wildman–Crippen LogP) is 2.66. The van der Waals surface area contributed by atoms with Crippen molar-refractivity contribution in [2.45, 2.75) is 38.8 Å². The topological polar surface area (TPSA) is 49.3 Å². The first kappa shape index (κ1) is 14.5. The number of carbonyl (C=O) groups is 1. The molecule has 0 aliphatic heterocycles. The quantitative estimate of drug-likeness (QED) is 0.898. The second-order valence-electron chi connectivity index (χ2n) is 5.82. The monoisotopic (exact) mass is 271 g/mol. The summed E-state index contributed by atoms with van der Waals surface area (Å²) in [5.41, 5.74) is -0.162. The SMILES string of the molecule is C[C@@H](Cc1ccc2ccccc2c1)NC(=O)C(C)(C)O. The van der Waals surface area contributed by atoms with E-state index in [1.54, 1.807) is 0 Å². The third-order valence-electron chi connectivity index (χ3n) is 3.29. The highest BCUT2D eigenvalue weighted by molar-refractivity contribution is 5.84. The summed E-state index contributed by atoms with van der Waals surface area (Å²) in [6.07, 6.45) is 0.743. The van der Waals surface area contributed by atoms with Crippen molar-refractivity contribution in [2.24, 2.45) is 0 Å². The zero-order valence-corrected chi connectivity index (χ0v) is 12.2. The molecular weight excluding hydrogens is 250 g/mol. The lowest BCUT2D eigenvalue weighted by Gasteiger charge is -2.21. The summed E-state index contributed by atoms with van der Waals surface area (Å²) in [5.74, 6) is -0.342. The van der Waals surface area contributed by atoms with Gasteiger partial charge in [0.1, 0.15) is 5.60 Å². The van der Waals surface area contributed by atoms with Crippen molar-refractivity contribution in [1.82, 2.24) is 5.32 Å². The lowest BCUT2D eigenvalue weighted by atomic mass is 10.0. The summed E-state index contributed by atoms with van der Waals surface area (Å²) in [6, 6.07) is 14.5. The fourth-order valence-corrected chi connectivity index (χ4v) is 2.17. The Balaban J connectivity index is 2.06. The standard InChI is InChI=1S/C17H21NO2/c1-12(18-16(19)17(2,3)20)10-13-8-9-14-6-4-5-7-15(14)11-13/h4-9,11-12,20H,10H2,1-3H3,(H,18,19)/t12-/m0/s1. The summed E-state index contributed by atoms with van der Waals surface area (Å²) in [5, 5.41) is 14.9. The van der Waals surface area contributed by atoms with E-state index in [0.29, 0.717) is 0 Å². The largest absolute Gasteiger partial charge is 0.381 e. The number of hydrogen-bond donors (Lipinski definition) is 2. The molecule has 0 aliphatic rings. The minimum Gasteiger partial charge on any atom is -0.381 e. The lowest BCUT2D eigenvalue weighted by Crippen LogP contribution is -2.46. The molecule has 0 radical (unpaired) electrons. The van der Waals surface area contributed by atoms with Crippen LogP contribution in [0.15, 0.2) is 42.5 Å². The van der Waals surface area contributed by atoms with E-state index < -0.39 is 5.60 Å². The van der Waals surface area contributed by atoms with Gasteiger partial charge in [-0.1, -0.05) is 42.5 Å². The highest BCUT2D eigenvalue weighted by Gasteiger charge is 2.24. The van der Waals surface area contributed by atoms with Gasteiger partial charge in [0.15, 0.2) is 0 Å². The summed E-state index contributed by atoms with van der Waals surface area (Å²) in [7, 11) is 0. The summed E-state index contributed by atoms with van der Waals surface area (Å²) >= 11 is 0. The van der Waals surface area contributed by atoms with Crippen LogP contribution in [0, 0.1) is 0 Å². The average Bonchev–Trinajstić information content (AvgIpc) is 2.37. The highest BCUT2D eigenvalue weighted by Crippen LogP contribution is 2.16. The van der Waals surface area contributed by atoms with Gasteiger partial charge >= 0.3 is 0 Å². The molecule has 3 nitrogen and oxygen atoms in total. The van der Waals surface area contributed by atoms with Gasteiger partial charge < -0.3 is 10.4 Å². The Kier molecular flexibility index (Phi) is 4.09. The lowest BCUT2D eigenvalue weighted by molar-refractivity contribution is -0.137. The minimum absolute atomic E-state index is 0.0184. The van der Waals surface area contributed by atoms with Gasteiger partial charge in [-0.05, 0) is 43.5 Å². The van der Waals surface area contributed by atoms with Crippen LogP contribution in [-0.2, 0) is 11.2 Å². The molecule has 0 bridgehead atoms. The Bertz CT molecular complexity index is 614. The third-order valence-corrected chi connectivity index (χ3v) is 3.29. The van der Waals surface area contributed by atoms with Crippen molar-refractivity contribution in [1.29, 1.82) is 0 Å². The van der Waals surface area contributed by atoms with Crippen molar-refractivity contribution in [3.05, 3.63) is 48.0 Å². The van der Waals surface area contributed by atoms with Crippen LogP contribution in [0.3, 0.4) is 0 Å². The van der Waals surface area contributed by atoms with E-state index in [1.165, 1.54) is 30.2 Å². The minimum atomic E-state index is -1.34. The first-order chi connectivity index (χ1) is 9.36. The summed E-state index contributed by atoms with van der Waals surface area (Å²) in [6.45, 7) is 4.93. The molecule has 2 N–H and O–H groups in total. The molecule has 2 aromatic rings. The molecule has 0 unspecified atom stereocenters. The van der Waals surface area contributed by atoms with E-state index in [9.17, 15) is 9.90 Å². The highest BCUT2D eigenvalue weighted by atomic mass is 16.3. The zero-order chi connectivity index (χ0) is 14.8. The van der Waals surface area contributed by atoms with Crippen LogP contribution in [0.5, 0.6) is 0 Å². The van der Waals surface area contributed by atoms with Crippen molar-refractivity contribution in [3.8, 4) is 0 Å². The number of fused-ring (bicyclic) bond motifs is 1. The molecule has 2 aromatic carbocycles. The second kappa shape index (κ2) is 5.63. The Morgan fingerprint density at radius 3 is 2.50 bits per heavy atom. The van der Waals surface area contributed by atoms with Crippen LogP contribution in [0.25, 0.3) is 10.8 Å². The van der Waals surface area contributed by atoms with Gasteiger partial charge in [-0.15, -0.1) is 0 Å². The van der Waals surface area contributed by atoms with Crippen LogP contribution in [0.2, 0.25) is 0 Å². The molecule has 0 fully saturated rings. The number of amides is 1. The number of carbonyl (C=O) groups excluding carboxylic acids is 1. The molecule has 0 saturated heterocycles. The Labute approximate surface area is 119 Å². The normalized spacial score (nSPS) is 13.2. The van der Waals surface area contributed by atoms with Crippen molar-refractivity contribution < 1.29 is 9.90 Å². The zero-order valence-electron chi connectivity index (χ0n) is 12.2. The van der Waals surface area contributed by atoms with Gasteiger partial charge in [-0.2, -0.15) is 0 Å². The number of hydrogen-bond acceptors (Lipinski definition) is 2. The first-order valence-corrected chi connectivity index (χ1v) is 6.87. The molecule has 0 heterocycles. The van der Waals surface area contributed by atoms with Crippen molar-refractivity contribution in [3.63, 3.8) is 0 Å². The molecule has 3 heteroatoms. The van der Waals surface area contributed by atoms with E-state index in [-0.39, 0.29) is 11.9 Å². The number of nitrogens with one attached hydrogen (secondary N) is 1. The average molecular weight is 271 g/mol. The Morgan fingerprint density at radius 2 is 1.85 bits per heavy atom. The molecule has 1 amide bonds. The molecule has 0 saturated carbocycles. The van der Waals surface area contributed by atoms with Crippen molar-refractivity contribution >= 4 is 16.7 Å². The maximum atomic E-state index is 11.7. The molecule has 20 heavy (non-hydrogen) atoms. The Morgan fingerprint density at radius 1 is 1.20 bits per heavy atom. The van der Waals surface area contributed by atoms with Crippen LogP contribution in [-0.4, -0.2) is 22.7 Å². The van der Waals surface area contributed by atoms with Gasteiger partial charge in [0.05, 0.1) is 0 Å². The molecule has 106 valence electrons. The third kappa shape index (κ3) is 3.58. The summed E-state index contributed by atoms with van der Waals surface area (Å²) < 4.78 is 0. The van der Waals surface area contributed by atoms with Crippen LogP contribution >= 0.6 is 0 Å². The van der Waals surface area contributed by atoms with Crippen molar-refractivity contribution in [2.75, 3.05) is 0 Å². The number of benzene rings is 2. The smallest absolute Gasteiger partial charge is 0.251 e. The maximum Gasteiger partial charge on any atom is 0.251 e. The van der Waals surface area contributed by atoms with E-state index in [4.69, 9.17) is 0 Å². The first-order valence-electron chi connectivity index (χ1n) is 6.87. The molecule has 1 atom stereocenters. The summed E-state index contributed by atoms with van der Waals surface area (Å²) in [4.78, 5) is 11.7. The Hall–Kier alpha value is -1.87. The van der Waals surface area contributed by atoms with Gasteiger partial charge in [0.25, 0.3) is 5.91 Å². The van der Waals surface area contributed by atoms with Crippen LogP contribution < -0.4 is 5.32 Å². The van der Waals surface area contributed by atoms with Gasteiger partial charge in [0.2, 0.25) is 0 Å². The van der Waals surface area contributed by atoms with E-state index in [0.717, 1.165) is 6.42 Å². The molecular formula is C17H21NO2.